The molecular formula is C21H19F2N5O2. The summed E-state index contributed by atoms with van der Waals surface area (Å²) in [4.78, 5) is 27.1. The summed E-state index contributed by atoms with van der Waals surface area (Å²) in [5, 5.41) is 2.79. The summed E-state index contributed by atoms with van der Waals surface area (Å²) >= 11 is 0. The molecule has 0 unspecified atom stereocenters. The van der Waals surface area contributed by atoms with Crippen molar-refractivity contribution in [1.82, 2.24) is 15.0 Å². The maximum Gasteiger partial charge on any atom is 0.278 e. The van der Waals surface area contributed by atoms with E-state index in [-0.39, 0.29) is 17.5 Å². The summed E-state index contributed by atoms with van der Waals surface area (Å²) in [5.74, 6) is -1.26. The Morgan fingerprint density at radius 1 is 1.13 bits per heavy atom. The SMILES string of the molecule is CCc1cncc(NC(=O)c2nccnc2N2CC(Oc3cc(F)cc(F)c3)C2)c1. The lowest BCUT2D eigenvalue weighted by molar-refractivity contribution is 0.102. The van der Waals surface area contributed by atoms with Gasteiger partial charge in [-0.3, -0.25) is 9.78 Å². The number of ether oxygens (including phenoxy) is 1. The zero-order chi connectivity index (χ0) is 21.1. The molecule has 1 aromatic carbocycles. The molecule has 3 aromatic rings. The van der Waals surface area contributed by atoms with E-state index < -0.39 is 17.5 Å². The van der Waals surface area contributed by atoms with Crippen LogP contribution in [0.2, 0.25) is 0 Å². The minimum atomic E-state index is -0.698. The Hall–Kier alpha value is -3.62. The number of nitrogens with zero attached hydrogens (tertiary/aromatic N) is 4. The molecule has 7 nitrogen and oxygen atoms in total. The van der Waals surface area contributed by atoms with Gasteiger partial charge in [0.05, 0.1) is 25.0 Å². The number of rotatable bonds is 6. The molecule has 3 heterocycles. The zero-order valence-electron chi connectivity index (χ0n) is 16.2. The minimum absolute atomic E-state index is 0.123. The van der Waals surface area contributed by atoms with Crippen molar-refractivity contribution in [1.29, 1.82) is 0 Å². The van der Waals surface area contributed by atoms with E-state index in [1.165, 1.54) is 12.4 Å². The van der Waals surface area contributed by atoms with Crippen LogP contribution in [0.1, 0.15) is 23.0 Å². The molecular weight excluding hydrogens is 392 g/mol. The number of hydrogen-bond acceptors (Lipinski definition) is 6. The average molecular weight is 411 g/mol. The lowest BCUT2D eigenvalue weighted by Crippen LogP contribution is -2.54. The van der Waals surface area contributed by atoms with Crippen molar-refractivity contribution < 1.29 is 18.3 Å². The van der Waals surface area contributed by atoms with Crippen LogP contribution in [0.5, 0.6) is 5.75 Å². The van der Waals surface area contributed by atoms with Crippen LogP contribution in [0.3, 0.4) is 0 Å². The van der Waals surface area contributed by atoms with Crippen molar-refractivity contribution in [2.24, 2.45) is 0 Å². The third kappa shape index (κ3) is 4.35. The number of carbonyl (C=O) groups excluding carboxylic acids is 1. The largest absolute Gasteiger partial charge is 0.487 e. The smallest absolute Gasteiger partial charge is 0.278 e. The van der Waals surface area contributed by atoms with E-state index in [4.69, 9.17) is 4.74 Å². The van der Waals surface area contributed by atoms with Gasteiger partial charge in [0, 0.05) is 36.8 Å². The molecule has 0 saturated carbocycles. The molecule has 1 aliphatic heterocycles. The molecule has 1 fully saturated rings. The first kappa shape index (κ1) is 19.7. The number of nitrogens with one attached hydrogen (secondary N) is 1. The standard InChI is InChI=1S/C21H19F2N5O2/c1-2-13-5-16(10-24-9-13)27-21(29)19-20(26-4-3-25-19)28-11-18(12-28)30-17-7-14(22)6-15(23)8-17/h3-10,18H,2,11-12H2,1H3,(H,27,29). The van der Waals surface area contributed by atoms with Gasteiger partial charge in [0.25, 0.3) is 5.91 Å². The second-order valence-corrected chi connectivity index (χ2v) is 6.87. The van der Waals surface area contributed by atoms with Crippen LogP contribution in [0.15, 0.2) is 49.1 Å². The van der Waals surface area contributed by atoms with E-state index in [0.29, 0.717) is 24.6 Å². The Morgan fingerprint density at radius 2 is 1.87 bits per heavy atom. The van der Waals surface area contributed by atoms with Crippen molar-refractivity contribution in [3.63, 3.8) is 0 Å². The van der Waals surface area contributed by atoms with Crippen LogP contribution in [-0.2, 0) is 6.42 Å². The number of halogens is 2. The Bertz CT molecular complexity index is 1050. The molecule has 154 valence electrons. The van der Waals surface area contributed by atoms with Gasteiger partial charge in [0.15, 0.2) is 11.5 Å². The fourth-order valence-electron chi connectivity index (χ4n) is 3.14. The molecule has 0 bridgehead atoms. The van der Waals surface area contributed by atoms with Crippen LogP contribution >= 0.6 is 0 Å². The molecule has 2 aromatic heterocycles. The predicted molar refractivity (Wildman–Crippen MR) is 107 cm³/mol. The lowest BCUT2D eigenvalue weighted by atomic mass is 10.1. The predicted octanol–water partition coefficient (Wildman–Crippen LogP) is 3.23. The Labute approximate surface area is 171 Å². The Morgan fingerprint density at radius 3 is 2.60 bits per heavy atom. The zero-order valence-corrected chi connectivity index (χ0v) is 16.2. The number of pyridine rings is 1. The van der Waals surface area contributed by atoms with E-state index in [1.54, 1.807) is 12.4 Å². The average Bonchev–Trinajstić information content (AvgIpc) is 2.70. The molecule has 0 aliphatic carbocycles. The monoisotopic (exact) mass is 411 g/mol. The third-order valence-corrected chi connectivity index (χ3v) is 4.64. The number of aryl methyl sites for hydroxylation is 1. The Balaban J connectivity index is 1.43. The summed E-state index contributed by atoms with van der Waals surface area (Å²) in [7, 11) is 0. The van der Waals surface area contributed by atoms with Crippen LogP contribution < -0.4 is 15.0 Å². The molecule has 0 radical (unpaired) electrons. The van der Waals surface area contributed by atoms with Crippen LogP contribution in [-0.4, -0.2) is 40.1 Å². The number of hydrogen-bond donors (Lipinski definition) is 1. The fourth-order valence-corrected chi connectivity index (χ4v) is 3.14. The highest BCUT2D eigenvalue weighted by molar-refractivity contribution is 6.06. The molecule has 1 saturated heterocycles. The minimum Gasteiger partial charge on any atom is -0.487 e. The number of carbonyl (C=O) groups is 1. The first-order valence-corrected chi connectivity index (χ1v) is 9.46. The number of amides is 1. The van der Waals surface area contributed by atoms with E-state index in [9.17, 15) is 13.6 Å². The molecule has 0 spiro atoms. The third-order valence-electron chi connectivity index (χ3n) is 4.64. The van der Waals surface area contributed by atoms with Crippen molar-refractivity contribution in [3.05, 3.63) is 71.9 Å². The number of aromatic nitrogens is 3. The maximum absolute atomic E-state index is 13.3. The highest BCUT2D eigenvalue weighted by Gasteiger charge is 2.33. The van der Waals surface area contributed by atoms with E-state index in [0.717, 1.165) is 30.2 Å². The molecule has 0 atom stereocenters. The van der Waals surface area contributed by atoms with E-state index >= 15 is 0 Å². The highest BCUT2D eigenvalue weighted by atomic mass is 19.1. The molecule has 1 amide bonds. The van der Waals surface area contributed by atoms with Gasteiger partial charge in [-0.1, -0.05) is 6.92 Å². The lowest BCUT2D eigenvalue weighted by Gasteiger charge is -2.40. The van der Waals surface area contributed by atoms with Crippen molar-refractivity contribution >= 4 is 17.4 Å². The van der Waals surface area contributed by atoms with E-state index in [2.05, 4.69) is 20.3 Å². The van der Waals surface area contributed by atoms with Gasteiger partial charge in [-0.2, -0.15) is 0 Å². The number of benzene rings is 1. The topological polar surface area (TPSA) is 80.2 Å². The summed E-state index contributed by atoms with van der Waals surface area (Å²) in [6.07, 6.45) is 6.78. The van der Waals surface area contributed by atoms with E-state index in [1.807, 2.05) is 17.9 Å². The summed E-state index contributed by atoms with van der Waals surface area (Å²) in [5.41, 5.74) is 1.76. The van der Waals surface area contributed by atoms with Gasteiger partial charge in [0.1, 0.15) is 23.5 Å². The second-order valence-electron chi connectivity index (χ2n) is 6.87. The molecule has 1 N–H and O–H groups in total. The van der Waals surface area contributed by atoms with Crippen molar-refractivity contribution in [3.8, 4) is 5.75 Å². The maximum atomic E-state index is 13.3. The van der Waals surface area contributed by atoms with Crippen molar-refractivity contribution in [2.75, 3.05) is 23.3 Å². The molecule has 30 heavy (non-hydrogen) atoms. The summed E-state index contributed by atoms with van der Waals surface area (Å²) in [6, 6.07) is 4.90. The fraction of sp³-hybridized carbons (Fsp3) is 0.238. The summed E-state index contributed by atoms with van der Waals surface area (Å²) < 4.78 is 32.2. The van der Waals surface area contributed by atoms with Crippen LogP contribution in [0, 0.1) is 11.6 Å². The van der Waals surface area contributed by atoms with Gasteiger partial charge in [0.2, 0.25) is 0 Å². The second kappa shape index (κ2) is 8.40. The molecule has 9 heteroatoms. The van der Waals surface area contributed by atoms with Crippen LogP contribution in [0.25, 0.3) is 0 Å². The molecule has 1 aliphatic rings. The van der Waals surface area contributed by atoms with Gasteiger partial charge >= 0.3 is 0 Å². The first-order chi connectivity index (χ1) is 14.5. The first-order valence-electron chi connectivity index (χ1n) is 9.46. The van der Waals surface area contributed by atoms with Gasteiger partial charge in [-0.25, -0.2) is 18.7 Å². The highest BCUT2D eigenvalue weighted by Crippen LogP contribution is 2.26. The molecule has 4 rings (SSSR count). The van der Waals surface area contributed by atoms with Gasteiger partial charge in [-0.15, -0.1) is 0 Å². The Kier molecular flexibility index (Phi) is 5.51. The van der Waals surface area contributed by atoms with Gasteiger partial charge < -0.3 is 15.0 Å². The van der Waals surface area contributed by atoms with Gasteiger partial charge in [-0.05, 0) is 18.1 Å². The van der Waals surface area contributed by atoms with Crippen molar-refractivity contribution in [2.45, 2.75) is 19.4 Å². The normalized spacial score (nSPS) is 13.6. The number of anilines is 2. The summed E-state index contributed by atoms with van der Waals surface area (Å²) in [6.45, 7) is 2.82. The van der Waals surface area contributed by atoms with Crippen LogP contribution in [0.4, 0.5) is 20.3 Å². The quantitative estimate of drug-likeness (QED) is 0.671.